The van der Waals surface area contributed by atoms with Gasteiger partial charge in [0, 0.05) is 6.54 Å². The minimum atomic E-state index is -0.761. The summed E-state index contributed by atoms with van der Waals surface area (Å²) in [6.45, 7) is 6.51. The van der Waals surface area contributed by atoms with E-state index in [4.69, 9.17) is 9.47 Å². The Morgan fingerprint density at radius 1 is 1.07 bits per heavy atom. The maximum Gasteiger partial charge on any atom is 0.407 e. The van der Waals surface area contributed by atoms with Crippen molar-refractivity contribution in [2.45, 2.75) is 51.4 Å². The van der Waals surface area contributed by atoms with Crippen molar-refractivity contribution in [3.8, 4) is 5.75 Å². The summed E-state index contributed by atoms with van der Waals surface area (Å²) in [6, 6.07) is 17.2. The Morgan fingerprint density at radius 2 is 1.77 bits per heavy atom. The van der Waals surface area contributed by atoms with Crippen molar-refractivity contribution in [3.63, 3.8) is 0 Å². The molecule has 0 unspecified atom stereocenters. The molecule has 0 fully saturated rings. The lowest BCUT2D eigenvalue weighted by Crippen LogP contribution is -2.50. The largest absolute Gasteiger partial charge is 0.497 e. The molecule has 0 spiro atoms. The van der Waals surface area contributed by atoms with Crippen molar-refractivity contribution in [1.82, 2.24) is 10.6 Å². The first kappa shape index (κ1) is 23.7. The van der Waals surface area contributed by atoms with E-state index in [2.05, 4.69) is 10.6 Å². The highest BCUT2D eigenvalue weighted by Gasteiger charge is 2.24. The van der Waals surface area contributed by atoms with Crippen LogP contribution in [0.25, 0.3) is 0 Å². The van der Waals surface area contributed by atoms with Crippen LogP contribution >= 0.6 is 0 Å². The predicted octanol–water partition coefficient (Wildman–Crippen LogP) is 3.32. The minimum absolute atomic E-state index is 0.358. The maximum absolute atomic E-state index is 12.3. The average molecular weight is 415 g/mol. The van der Waals surface area contributed by atoms with Crippen molar-refractivity contribution < 1.29 is 19.4 Å². The van der Waals surface area contributed by atoms with Gasteiger partial charge in [0.25, 0.3) is 0 Å². The first-order valence-electron chi connectivity index (χ1n) is 10.3. The van der Waals surface area contributed by atoms with E-state index >= 15 is 0 Å². The predicted molar refractivity (Wildman–Crippen MR) is 119 cm³/mol. The zero-order valence-electron chi connectivity index (χ0n) is 18.4. The molecular weight excluding hydrogens is 380 g/mol. The van der Waals surface area contributed by atoms with Gasteiger partial charge in [-0.3, -0.25) is 0 Å². The van der Waals surface area contributed by atoms with E-state index in [1.54, 1.807) is 7.11 Å². The second-order valence-corrected chi connectivity index (χ2v) is 8.32. The van der Waals surface area contributed by atoms with E-state index in [0.717, 1.165) is 23.3 Å². The Labute approximate surface area is 179 Å². The highest BCUT2D eigenvalue weighted by atomic mass is 16.6. The fraction of sp³-hybridized carbons (Fsp3) is 0.458. The number of alkyl carbamates (subject to hydrolysis) is 1. The number of hydrogen-bond donors (Lipinski definition) is 3. The molecule has 6 heteroatoms. The summed E-state index contributed by atoms with van der Waals surface area (Å²) in [5.41, 5.74) is 1.60. The summed E-state index contributed by atoms with van der Waals surface area (Å²) in [5.74, 6) is 0.831. The lowest BCUT2D eigenvalue weighted by molar-refractivity contribution is 0.0423. The van der Waals surface area contributed by atoms with Crippen molar-refractivity contribution in [1.29, 1.82) is 0 Å². The van der Waals surface area contributed by atoms with Gasteiger partial charge in [-0.2, -0.15) is 0 Å². The van der Waals surface area contributed by atoms with Crippen LogP contribution in [0.15, 0.2) is 54.6 Å². The molecule has 2 rings (SSSR count). The van der Waals surface area contributed by atoms with Gasteiger partial charge in [0.05, 0.1) is 19.3 Å². The average Bonchev–Trinajstić information content (AvgIpc) is 2.70. The van der Waals surface area contributed by atoms with Crippen LogP contribution in [0, 0.1) is 0 Å². The third-order valence-corrected chi connectivity index (χ3v) is 4.54. The first-order chi connectivity index (χ1) is 14.3. The van der Waals surface area contributed by atoms with Gasteiger partial charge >= 0.3 is 6.09 Å². The van der Waals surface area contributed by atoms with Gasteiger partial charge in [0.2, 0.25) is 0 Å². The van der Waals surface area contributed by atoms with Crippen LogP contribution < -0.4 is 15.4 Å². The van der Waals surface area contributed by atoms with Crippen LogP contribution in [-0.4, -0.2) is 49.1 Å². The van der Waals surface area contributed by atoms with Crippen molar-refractivity contribution in [2.24, 2.45) is 0 Å². The summed E-state index contributed by atoms with van der Waals surface area (Å²) in [6.07, 6.45) is 0.0351. The van der Waals surface area contributed by atoms with Gasteiger partial charge in [-0.05, 0) is 63.4 Å². The van der Waals surface area contributed by atoms with Gasteiger partial charge in [-0.15, -0.1) is 0 Å². The molecule has 2 atom stereocenters. The Morgan fingerprint density at radius 3 is 2.43 bits per heavy atom. The van der Waals surface area contributed by atoms with Crippen LogP contribution in [-0.2, 0) is 17.6 Å². The first-order valence-corrected chi connectivity index (χ1v) is 10.3. The maximum atomic E-state index is 12.3. The van der Waals surface area contributed by atoms with Gasteiger partial charge in [0.15, 0.2) is 0 Å². The molecule has 0 aliphatic rings. The topological polar surface area (TPSA) is 79.8 Å². The highest BCUT2D eigenvalue weighted by molar-refractivity contribution is 5.68. The lowest BCUT2D eigenvalue weighted by Gasteiger charge is -2.27. The van der Waals surface area contributed by atoms with Crippen LogP contribution in [0.1, 0.15) is 31.9 Å². The molecule has 3 N–H and O–H groups in total. The zero-order chi connectivity index (χ0) is 22.0. The summed E-state index contributed by atoms with van der Waals surface area (Å²) >= 11 is 0. The molecule has 0 radical (unpaired) electrons. The molecule has 6 nitrogen and oxygen atoms in total. The number of hydrogen-bond acceptors (Lipinski definition) is 5. The number of ether oxygens (including phenoxy) is 2. The third kappa shape index (κ3) is 8.84. The number of nitrogens with one attached hydrogen (secondary N) is 2. The number of methoxy groups -OCH3 is 1. The fourth-order valence-corrected chi connectivity index (χ4v) is 3.06. The Kier molecular flexibility index (Phi) is 9.15. The van der Waals surface area contributed by atoms with Gasteiger partial charge in [-0.1, -0.05) is 42.5 Å². The molecular formula is C24H34N2O4. The second kappa shape index (κ2) is 11.6. The van der Waals surface area contributed by atoms with Crippen molar-refractivity contribution in [3.05, 3.63) is 65.7 Å². The number of amides is 1. The van der Waals surface area contributed by atoms with E-state index in [1.807, 2.05) is 75.4 Å². The summed E-state index contributed by atoms with van der Waals surface area (Å²) in [4.78, 5) is 12.3. The Bertz CT molecular complexity index is 774. The van der Waals surface area contributed by atoms with Crippen LogP contribution in [0.3, 0.4) is 0 Å². The van der Waals surface area contributed by atoms with E-state index in [-0.39, 0.29) is 0 Å². The zero-order valence-corrected chi connectivity index (χ0v) is 18.4. The molecule has 0 heterocycles. The quantitative estimate of drug-likeness (QED) is 0.520. The minimum Gasteiger partial charge on any atom is -0.497 e. The van der Waals surface area contributed by atoms with E-state index in [9.17, 15) is 9.90 Å². The van der Waals surface area contributed by atoms with Gasteiger partial charge < -0.3 is 25.2 Å². The lowest BCUT2D eigenvalue weighted by atomic mass is 10.0. The number of aliphatic hydroxyl groups is 1. The number of carbonyl (C=O) groups is 1. The summed E-state index contributed by atoms with van der Waals surface area (Å²) in [5, 5.41) is 16.8. The number of aliphatic hydroxyl groups excluding tert-OH is 1. The molecule has 0 aromatic heterocycles. The molecule has 164 valence electrons. The van der Waals surface area contributed by atoms with Crippen LogP contribution in [0.2, 0.25) is 0 Å². The van der Waals surface area contributed by atoms with E-state index < -0.39 is 23.8 Å². The molecule has 0 bridgehead atoms. The molecule has 0 aliphatic heterocycles. The number of carbonyl (C=O) groups excluding carboxylic acids is 1. The Balaban J connectivity index is 1.90. The van der Waals surface area contributed by atoms with Crippen molar-refractivity contribution in [2.75, 3.05) is 20.2 Å². The summed E-state index contributed by atoms with van der Waals surface area (Å²) < 4.78 is 10.6. The molecule has 0 saturated carbocycles. The smallest absolute Gasteiger partial charge is 0.407 e. The highest BCUT2D eigenvalue weighted by Crippen LogP contribution is 2.13. The molecule has 0 aliphatic carbocycles. The second-order valence-electron chi connectivity index (χ2n) is 8.32. The SMILES string of the molecule is COc1cccc(CCNC[C@@H](O)[C@H](Cc2ccccc2)NC(=O)OC(C)(C)C)c1. The standard InChI is InChI=1S/C24H34N2O4/c1-24(2,3)30-23(28)26-21(16-18-9-6-5-7-10-18)22(27)17-25-14-13-19-11-8-12-20(15-19)29-4/h5-12,15,21-22,25,27H,13-14,16-17H2,1-4H3,(H,26,28)/t21-,22+/m0/s1. The summed E-state index contributed by atoms with van der Waals surface area (Å²) in [7, 11) is 1.65. The molecule has 1 amide bonds. The Hall–Kier alpha value is -2.57. The number of rotatable bonds is 10. The third-order valence-electron chi connectivity index (χ3n) is 4.54. The molecule has 0 saturated heterocycles. The van der Waals surface area contributed by atoms with E-state index in [0.29, 0.717) is 19.5 Å². The monoisotopic (exact) mass is 414 g/mol. The normalized spacial score (nSPS) is 13.4. The van der Waals surface area contributed by atoms with Crippen LogP contribution in [0.4, 0.5) is 4.79 Å². The molecule has 2 aromatic rings. The molecule has 2 aromatic carbocycles. The van der Waals surface area contributed by atoms with E-state index in [1.165, 1.54) is 0 Å². The number of benzene rings is 2. The van der Waals surface area contributed by atoms with Gasteiger partial charge in [-0.25, -0.2) is 4.79 Å². The fourth-order valence-electron chi connectivity index (χ4n) is 3.06. The van der Waals surface area contributed by atoms with Crippen LogP contribution in [0.5, 0.6) is 5.75 Å². The van der Waals surface area contributed by atoms with Gasteiger partial charge in [0.1, 0.15) is 11.4 Å². The molecule has 30 heavy (non-hydrogen) atoms. The van der Waals surface area contributed by atoms with Crippen molar-refractivity contribution >= 4 is 6.09 Å².